The topological polar surface area (TPSA) is 68.0 Å². The van der Waals surface area contributed by atoms with E-state index >= 15 is 0 Å². The lowest BCUT2D eigenvalue weighted by atomic mass is 10.3. The Labute approximate surface area is 110 Å². The first-order chi connectivity index (χ1) is 8.65. The Morgan fingerprint density at radius 1 is 1.28 bits per heavy atom. The van der Waals surface area contributed by atoms with Crippen LogP contribution in [0.2, 0.25) is 0 Å². The second-order valence-electron chi connectivity index (χ2n) is 3.72. The van der Waals surface area contributed by atoms with Crippen molar-refractivity contribution in [1.29, 1.82) is 0 Å². The van der Waals surface area contributed by atoms with E-state index in [-0.39, 0.29) is 5.91 Å². The molecule has 0 aliphatic heterocycles. The van der Waals surface area contributed by atoms with Crippen molar-refractivity contribution in [3.8, 4) is 0 Å². The van der Waals surface area contributed by atoms with Gasteiger partial charge in [-0.1, -0.05) is 11.8 Å². The molecule has 0 unspecified atom stereocenters. The van der Waals surface area contributed by atoms with Crippen LogP contribution in [0.1, 0.15) is 6.92 Å². The van der Waals surface area contributed by atoms with Crippen LogP contribution in [-0.2, 0) is 4.79 Å². The summed E-state index contributed by atoms with van der Waals surface area (Å²) < 4.78 is 0. The molecule has 3 N–H and O–H groups in total. The van der Waals surface area contributed by atoms with Crippen molar-refractivity contribution in [3.05, 3.63) is 42.7 Å². The van der Waals surface area contributed by atoms with E-state index in [0.29, 0.717) is 5.69 Å². The van der Waals surface area contributed by atoms with Crippen molar-refractivity contribution in [3.63, 3.8) is 0 Å². The minimum absolute atomic E-state index is 0.0752. The summed E-state index contributed by atoms with van der Waals surface area (Å²) in [5.41, 5.74) is 7.27. The number of pyridine rings is 1. The van der Waals surface area contributed by atoms with Gasteiger partial charge in [0, 0.05) is 28.6 Å². The molecular formula is C13H13N3OS. The van der Waals surface area contributed by atoms with E-state index in [0.717, 1.165) is 15.5 Å². The van der Waals surface area contributed by atoms with Crippen molar-refractivity contribution >= 4 is 29.0 Å². The number of aromatic nitrogens is 1. The Morgan fingerprint density at radius 3 is 2.61 bits per heavy atom. The highest BCUT2D eigenvalue weighted by molar-refractivity contribution is 7.99. The molecule has 0 bridgehead atoms. The first-order valence-corrected chi connectivity index (χ1v) is 6.22. The molecule has 92 valence electrons. The average molecular weight is 259 g/mol. The molecule has 18 heavy (non-hydrogen) atoms. The number of carbonyl (C=O) groups excluding carboxylic acids is 1. The fourth-order valence-electron chi connectivity index (χ4n) is 1.42. The number of benzene rings is 1. The number of amides is 1. The van der Waals surface area contributed by atoms with E-state index in [4.69, 9.17) is 5.73 Å². The second-order valence-corrected chi connectivity index (χ2v) is 4.84. The number of hydrogen-bond donors (Lipinski definition) is 2. The molecule has 0 fully saturated rings. The van der Waals surface area contributed by atoms with E-state index in [1.807, 2.05) is 30.3 Å². The predicted molar refractivity (Wildman–Crippen MR) is 73.5 cm³/mol. The van der Waals surface area contributed by atoms with Crippen LogP contribution in [0.5, 0.6) is 0 Å². The third-order valence-electron chi connectivity index (χ3n) is 2.21. The highest BCUT2D eigenvalue weighted by atomic mass is 32.2. The number of rotatable bonds is 3. The fraction of sp³-hybridized carbons (Fsp3) is 0.0769. The predicted octanol–water partition coefficient (Wildman–Crippen LogP) is 2.77. The quantitative estimate of drug-likeness (QED) is 0.889. The normalized spacial score (nSPS) is 10.1. The summed E-state index contributed by atoms with van der Waals surface area (Å²) in [6, 6.07) is 9.48. The number of nitrogens with two attached hydrogens (primary N) is 1. The number of nitrogens with zero attached hydrogens (tertiary/aromatic N) is 1. The minimum atomic E-state index is -0.0752. The highest BCUT2D eigenvalue weighted by Gasteiger charge is 2.02. The summed E-state index contributed by atoms with van der Waals surface area (Å²) in [5, 5.41) is 2.72. The van der Waals surface area contributed by atoms with Crippen LogP contribution in [0.25, 0.3) is 0 Å². The van der Waals surface area contributed by atoms with Crippen molar-refractivity contribution in [2.75, 3.05) is 11.1 Å². The van der Waals surface area contributed by atoms with Gasteiger partial charge in [0.1, 0.15) is 0 Å². The van der Waals surface area contributed by atoms with Gasteiger partial charge in [-0.3, -0.25) is 9.78 Å². The maximum Gasteiger partial charge on any atom is 0.221 e. The molecule has 0 spiro atoms. The molecule has 1 amide bonds. The van der Waals surface area contributed by atoms with Crippen LogP contribution >= 0.6 is 11.8 Å². The van der Waals surface area contributed by atoms with Crippen LogP contribution in [0, 0.1) is 0 Å². The van der Waals surface area contributed by atoms with Gasteiger partial charge in [-0.25, -0.2) is 0 Å². The van der Waals surface area contributed by atoms with Gasteiger partial charge in [0.2, 0.25) is 5.91 Å². The van der Waals surface area contributed by atoms with Crippen molar-refractivity contribution < 1.29 is 4.79 Å². The number of nitrogens with one attached hydrogen (secondary N) is 1. The SMILES string of the molecule is CC(=O)Nc1ccc(Sc2ccncc2N)cc1. The Balaban J connectivity index is 2.11. The van der Waals surface area contributed by atoms with E-state index in [9.17, 15) is 4.79 Å². The molecule has 2 rings (SSSR count). The maximum absolute atomic E-state index is 10.9. The molecule has 0 aliphatic carbocycles. The van der Waals surface area contributed by atoms with Gasteiger partial charge in [-0.05, 0) is 30.3 Å². The van der Waals surface area contributed by atoms with Crippen LogP contribution in [0.15, 0.2) is 52.5 Å². The van der Waals surface area contributed by atoms with Gasteiger partial charge in [0.15, 0.2) is 0 Å². The zero-order valence-corrected chi connectivity index (χ0v) is 10.7. The number of anilines is 2. The number of carbonyl (C=O) groups is 1. The Bertz CT molecular complexity index is 554. The lowest BCUT2D eigenvalue weighted by Gasteiger charge is -2.06. The van der Waals surface area contributed by atoms with Gasteiger partial charge in [-0.2, -0.15) is 0 Å². The zero-order chi connectivity index (χ0) is 13.0. The van der Waals surface area contributed by atoms with Crippen LogP contribution in [0.3, 0.4) is 0 Å². The Morgan fingerprint density at radius 2 is 2.00 bits per heavy atom. The lowest BCUT2D eigenvalue weighted by Crippen LogP contribution is -2.05. The zero-order valence-electron chi connectivity index (χ0n) is 9.88. The minimum Gasteiger partial charge on any atom is -0.397 e. The van der Waals surface area contributed by atoms with Crippen LogP contribution < -0.4 is 11.1 Å². The van der Waals surface area contributed by atoms with E-state index in [1.54, 1.807) is 24.2 Å². The van der Waals surface area contributed by atoms with Crippen LogP contribution in [-0.4, -0.2) is 10.9 Å². The Hall–Kier alpha value is -2.01. The van der Waals surface area contributed by atoms with Gasteiger partial charge in [-0.15, -0.1) is 0 Å². The Kier molecular flexibility index (Phi) is 3.84. The largest absolute Gasteiger partial charge is 0.397 e. The first kappa shape index (κ1) is 12.4. The number of hydrogen-bond acceptors (Lipinski definition) is 4. The second kappa shape index (κ2) is 5.55. The monoisotopic (exact) mass is 259 g/mol. The molecule has 1 aromatic heterocycles. The molecule has 4 nitrogen and oxygen atoms in total. The van der Waals surface area contributed by atoms with Crippen LogP contribution in [0.4, 0.5) is 11.4 Å². The van der Waals surface area contributed by atoms with E-state index in [2.05, 4.69) is 10.3 Å². The highest BCUT2D eigenvalue weighted by Crippen LogP contribution is 2.31. The number of nitrogen functional groups attached to an aromatic ring is 1. The van der Waals surface area contributed by atoms with E-state index in [1.165, 1.54) is 6.92 Å². The summed E-state index contributed by atoms with van der Waals surface area (Å²) in [5.74, 6) is -0.0752. The van der Waals surface area contributed by atoms with Crippen molar-refractivity contribution in [1.82, 2.24) is 4.98 Å². The standard InChI is InChI=1S/C13H13N3OS/c1-9(17)16-10-2-4-11(5-3-10)18-13-6-7-15-8-12(13)14/h2-8H,14H2,1H3,(H,16,17). The first-order valence-electron chi connectivity index (χ1n) is 5.40. The summed E-state index contributed by atoms with van der Waals surface area (Å²) in [7, 11) is 0. The van der Waals surface area contributed by atoms with Crippen molar-refractivity contribution in [2.24, 2.45) is 0 Å². The molecule has 0 atom stereocenters. The smallest absolute Gasteiger partial charge is 0.221 e. The van der Waals surface area contributed by atoms with E-state index < -0.39 is 0 Å². The summed E-state index contributed by atoms with van der Waals surface area (Å²) in [6.07, 6.45) is 3.35. The molecule has 0 aliphatic rings. The van der Waals surface area contributed by atoms with Gasteiger partial charge in [0.05, 0.1) is 11.9 Å². The van der Waals surface area contributed by atoms with Crippen molar-refractivity contribution in [2.45, 2.75) is 16.7 Å². The van der Waals surface area contributed by atoms with Gasteiger partial charge < -0.3 is 11.1 Å². The maximum atomic E-state index is 10.9. The average Bonchev–Trinajstić information content (AvgIpc) is 2.34. The fourth-order valence-corrected chi connectivity index (χ4v) is 2.25. The molecule has 1 heterocycles. The molecule has 0 saturated heterocycles. The third kappa shape index (κ3) is 3.24. The molecule has 2 aromatic rings. The summed E-state index contributed by atoms with van der Waals surface area (Å²) in [4.78, 5) is 16.9. The third-order valence-corrected chi connectivity index (χ3v) is 3.31. The molecule has 5 heteroatoms. The summed E-state index contributed by atoms with van der Waals surface area (Å²) >= 11 is 1.56. The van der Waals surface area contributed by atoms with Gasteiger partial charge in [0.25, 0.3) is 0 Å². The summed E-state index contributed by atoms with van der Waals surface area (Å²) in [6.45, 7) is 1.49. The molecule has 1 aromatic carbocycles. The molecular weight excluding hydrogens is 246 g/mol. The molecule has 0 saturated carbocycles. The van der Waals surface area contributed by atoms with Gasteiger partial charge >= 0.3 is 0 Å². The lowest BCUT2D eigenvalue weighted by molar-refractivity contribution is -0.114. The molecule has 0 radical (unpaired) electrons.